The van der Waals surface area contributed by atoms with Crippen LogP contribution in [-0.4, -0.2) is 130 Å². The molecule has 14 atom stereocenters. The molecular formula is C29H46N4O12. The van der Waals surface area contributed by atoms with Gasteiger partial charge in [-0.1, -0.05) is 37.3 Å². The molecule has 2 heterocycles. The largest absolute Gasteiger partial charge is 0.445 e. The normalized spacial score (nSPS) is 40.4. The fourth-order valence-electron chi connectivity index (χ4n) is 5.81. The van der Waals surface area contributed by atoms with E-state index in [1.807, 2.05) is 37.3 Å². The van der Waals surface area contributed by atoms with E-state index in [-0.39, 0.29) is 19.1 Å². The Kier molecular flexibility index (Phi) is 12.5. The average molecular weight is 643 g/mol. The van der Waals surface area contributed by atoms with Crippen LogP contribution in [0.4, 0.5) is 4.79 Å². The van der Waals surface area contributed by atoms with Gasteiger partial charge in [-0.2, -0.15) is 0 Å². The van der Waals surface area contributed by atoms with Crippen LogP contribution in [-0.2, 0) is 35.1 Å². The fourth-order valence-corrected chi connectivity index (χ4v) is 5.81. The Bertz CT molecular complexity index is 1100. The zero-order valence-electron chi connectivity index (χ0n) is 25.3. The predicted octanol–water partition coefficient (Wildman–Crippen LogP) is -2.84. The van der Waals surface area contributed by atoms with Gasteiger partial charge in [-0.25, -0.2) is 4.79 Å². The van der Waals surface area contributed by atoms with Crippen molar-refractivity contribution in [2.24, 2.45) is 17.4 Å². The molecule has 3 aliphatic rings. The van der Waals surface area contributed by atoms with Crippen LogP contribution in [0.15, 0.2) is 30.3 Å². The Balaban J connectivity index is 1.38. The van der Waals surface area contributed by atoms with Gasteiger partial charge in [-0.15, -0.1) is 0 Å². The average Bonchev–Trinajstić information content (AvgIpc) is 3.02. The molecule has 2 saturated heterocycles. The number of rotatable bonds is 10. The Morgan fingerprint density at radius 2 is 1.56 bits per heavy atom. The molecule has 4 rings (SSSR count). The summed E-state index contributed by atoms with van der Waals surface area (Å²) in [6, 6.07) is 5.55. The topological polar surface area (TPSA) is 258 Å². The standard InChI is InChI=1S/C29H46N4O12/c1-13-8-9-16(10-32-29(40)41-12-15-6-4-3-5-7-15)42-27(13)44-25-18(30)22(37)19(31)26(24(25)39)45-28-23(38)20(33-14(2)35)21(36)17(11-34)43-28/h3-7,13,16-28,34,36-39H,8-12,30-31H2,1-2H3,(H,32,40)(H,33,35)/t13?,16?,17?,18-,19+,20-,21+,22?,23?,24?,25?,26-,27+,28+/m0/s1. The minimum atomic E-state index is -1.63. The maximum Gasteiger partial charge on any atom is 0.407 e. The first-order valence-corrected chi connectivity index (χ1v) is 15.1. The minimum absolute atomic E-state index is 0.115. The smallest absolute Gasteiger partial charge is 0.407 e. The summed E-state index contributed by atoms with van der Waals surface area (Å²) in [6.45, 7) is 2.66. The number of nitrogens with one attached hydrogen (secondary N) is 2. The van der Waals surface area contributed by atoms with Gasteiger partial charge in [0, 0.05) is 19.4 Å². The second-order valence-corrected chi connectivity index (χ2v) is 11.9. The molecule has 1 saturated carbocycles. The van der Waals surface area contributed by atoms with Crippen LogP contribution in [0.5, 0.6) is 0 Å². The van der Waals surface area contributed by atoms with Gasteiger partial charge in [-0.3, -0.25) is 4.79 Å². The van der Waals surface area contributed by atoms with Crippen molar-refractivity contribution < 1.29 is 58.8 Å². The summed E-state index contributed by atoms with van der Waals surface area (Å²) in [7, 11) is 0. The fraction of sp³-hybridized carbons (Fsp3) is 0.724. The van der Waals surface area contributed by atoms with Crippen molar-refractivity contribution >= 4 is 12.0 Å². The van der Waals surface area contributed by atoms with Crippen LogP contribution in [0.3, 0.4) is 0 Å². The molecule has 0 spiro atoms. The van der Waals surface area contributed by atoms with Crippen molar-refractivity contribution in [1.29, 1.82) is 0 Å². The molecule has 0 bridgehead atoms. The molecule has 1 aliphatic carbocycles. The zero-order valence-corrected chi connectivity index (χ0v) is 25.3. The number of nitrogens with two attached hydrogens (primary N) is 2. The summed E-state index contributed by atoms with van der Waals surface area (Å²) in [6.07, 6.45) is -12.2. The van der Waals surface area contributed by atoms with Gasteiger partial charge < -0.3 is 71.3 Å². The predicted molar refractivity (Wildman–Crippen MR) is 155 cm³/mol. The second kappa shape index (κ2) is 15.9. The molecule has 0 radical (unpaired) electrons. The van der Waals surface area contributed by atoms with Gasteiger partial charge in [0.2, 0.25) is 5.91 Å². The summed E-state index contributed by atoms with van der Waals surface area (Å²) in [5, 5.41) is 58.3. The van der Waals surface area contributed by atoms with Crippen molar-refractivity contribution in [3.63, 3.8) is 0 Å². The van der Waals surface area contributed by atoms with E-state index in [0.29, 0.717) is 12.8 Å². The first-order valence-electron chi connectivity index (χ1n) is 15.1. The Hall–Kier alpha value is -2.48. The summed E-state index contributed by atoms with van der Waals surface area (Å²) in [5.41, 5.74) is 13.3. The Morgan fingerprint density at radius 3 is 2.18 bits per heavy atom. The van der Waals surface area contributed by atoms with Crippen LogP contribution in [0.2, 0.25) is 0 Å². The summed E-state index contributed by atoms with van der Waals surface area (Å²) in [4.78, 5) is 23.9. The highest BCUT2D eigenvalue weighted by atomic mass is 16.7. The van der Waals surface area contributed by atoms with E-state index < -0.39 is 98.1 Å². The molecule has 2 amide bonds. The highest BCUT2D eigenvalue weighted by Gasteiger charge is 2.53. The van der Waals surface area contributed by atoms with Crippen molar-refractivity contribution in [2.45, 2.75) is 113 Å². The first kappa shape index (κ1) is 35.4. The monoisotopic (exact) mass is 642 g/mol. The van der Waals surface area contributed by atoms with E-state index in [1.165, 1.54) is 6.92 Å². The Morgan fingerprint density at radius 1 is 0.911 bits per heavy atom. The molecule has 254 valence electrons. The molecule has 16 nitrogen and oxygen atoms in total. The van der Waals surface area contributed by atoms with Gasteiger partial charge in [0.1, 0.15) is 43.2 Å². The van der Waals surface area contributed by atoms with Crippen molar-refractivity contribution in [3.05, 3.63) is 35.9 Å². The highest BCUT2D eigenvalue weighted by Crippen LogP contribution is 2.33. The number of carbonyl (C=O) groups excluding carboxylic acids is 2. The van der Waals surface area contributed by atoms with E-state index in [4.69, 9.17) is 35.2 Å². The van der Waals surface area contributed by atoms with E-state index in [0.717, 1.165) is 5.56 Å². The molecule has 1 aromatic carbocycles. The number of ether oxygens (including phenoxy) is 5. The first-order chi connectivity index (χ1) is 21.4. The van der Waals surface area contributed by atoms with Gasteiger partial charge >= 0.3 is 6.09 Å². The van der Waals surface area contributed by atoms with E-state index >= 15 is 0 Å². The lowest BCUT2D eigenvalue weighted by atomic mass is 9.81. The van der Waals surface area contributed by atoms with Crippen LogP contribution >= 0.6 is 0 Å². The SMILES string of the molecule is CC(=O)N[C@@H]1C(O)[C@@H](O[C@@H]2C(O)C(O[C@H]3OC(CNC(=O)OCc4ccccc4)CCC3C)[C@@H](N)C(O)[C@H]2N)OC(CO)[C@H]1O. The van der Waals surface area contributed by atoms with Crippen molar-refractivity contribution in [2.75, 3.05) is 13.2 Å². The molecule has 1 aromatic rings. The third kappa shape index (κ3) is 8.66. The number of benzene rings is 1. The third-order valence-electron chi connectivity index (χ3n) is 8.48. The maximum absolute atomic E-state index is 12.2. The molecule has 11 N–H and O–H groups in total. The number of aliphatic hydroxyl groups excluding tert-OH is 5. The lowest BCUT2D eigenvalue weighted by Gasteiger charge is -2.49. The zero-order chi connectivity index (χ0) is 32.8. The molecule has 45 heavy (non-hydrogen) atoms. The number of aliphatic hydroxyl groups is 5. The number of alkyl carbamates (subject to hydrolysis) is 1. The number of amides is 2. The van der Waals surface area contributed by atoms with E-state index in [1.54, 1.807) is 0 Å². The molecule has 2 aliphatic heterocycles. The van der Waals surface area contributed by atoms with Crippen molar-refractivity contribution in [1.82, 2.24) is 10.6 Å². The van der Waals surface area contributed by atoms with Gasteiger partial charge in [0.15, 0.2) is 12.6 Å². The van der Waals surface area contributed by atoms with Crippen LogP contribution in [0.1, 0.15) is 32.3 Å². The summed E-state index contributed by atoms with van der Waals surface area (Å²) >= 11 is 0. The lowest BCUT2D eigenvalue weighted by molar-refractivity contribution is -0.321. The molecular weight excluding hydrogens is 596 g/mol. The van der Waals surface area contributed by atoms with Crippen LogP contribution in [0.25, 0.3) is 0 Å². The van der Waals surface area contributed by atoms with E-state index in [2.05, 4.69) is 10.6 Å². The third-order valence-corrected chi connectivity index (χ3v) is 8.48. The Labute approximate surface area is 260 Å². The van der Waals surface area contributed by atoms with Crippen LogP contribution < -0.4 is 22.1 Å². The van der Waals surface area contributed by atoms with Crippen molar-refractivity contribution in [3.8, 4) is 0 Å². The van der Waals surface area contributed by atoms with Gasteiger partial charge in [0.25, 0.3) is 0 Å². The maximum atomic E-state index is 12.2. The molecule has 7 unspecified atom stereocenters. The summed E-state index contributed by atoms with van der Waals surface area (Å²) < 4.78 is 28.8. The molecule has 0 aromatic heterocycles. The number of hydrogen-bond acceptors (Lipinski definition) is 14. The number of hydrogen-bond donors (Lipinski definition) is 9. The summed E-state index contributed by atoms with van der Waals surface area (Å²) in [5.74, 6) is -0.703. The number of carbonyl (C=O) groups is 2. The lowest BCUT2D eigenvalue weighted by Crippen LogP contribution is -2.72. The quantitative estimate of drug-likeness (QED) is 0.125. The van der Waals surface area contributed by atoms with Gasteiger partial charge in [-0.05, 0) is 18.4 Å². The highest BCUT2D eigenvalue weighted by molar-refractivity contribution is 5.73. The molecule has 3 fully saturated rings. The van der Waals surface area contributed by atoms with Crippen LogP contribution in [0, 0.1) is 5.92 Å². The molecule has 16 heteroatoms. The van der Waals surface area contributed by atoms with E-state index in [9.17, 15) is 35.1 Å². The van der Waals surface area contributed by atoms with Gasteiger partial charge in [0.05, 0.1) is 36.9 Å². The minimum Gasteiger partial charge on any atom is -0.445 e. The second-order valence-electron chi connectivity index (χ2n) is 11.9.